The van der Waals surface area contributed by atoms with Gasteiger partial charge in [-0.25, -0.2) is 0 Å². The first-order chi connectivity index (χ1) is 7.06. The van der Waals surface area contributed by atoms with Crippen LogP contribution in [0.4, 0.5) is 12.9 Å². The third kappa shape index (κ3) is 2.32. The lowest BCUT2D eigenvalue weighted by atomic mass is 9.80. The maximum atomic E-state index is 12.3. The Kier molecular flexibility index (Phi) is 2.43. The van der Waals surface area contributed by atoms with Crippen molar-refractivity contribution in [3.05, 3.63) is 48.0 Å². The summed E-state index contributed by atoms with van der Waals surface area (Å²) in [6, 6.07) is 12.2. The second-order valence-electron chi connectivity index (χ2n) is 3.55. The van der Waals surface area contributed by atoms with E-state index < -0.39 is 13.3 Å². The van der Waals surface area contributed by atoms with Gasteiger partial charge in [-0.1, -0.05) is 54.3 Å². The van der Waals surface area contributed by atoms with Gasteiger partial charge in [0.25, 0.3) is 0 Å². The summed E-state index contributed by atoms with van der Waals surface area (Å²) >= 11 is 0. The van der Waals surface area contributed by atoms with Crippen LogP contribution in [0.5, 0.6) is 0 Å². The maximum Gasteiger partial charge on any atom is 0.482 e. The summed E-state index contributed by atoms with van der Waals surface area (Å²) in [6.07, 6.45) is -0.804. The third-order valence-electron chi connectivity index (χ3n) is 2.33. The van der Waals surface area contributed by atoms with Gasteiger partial charge >= 0.3 is 6.98 Å². The van der Waals surface area contributed by atoms with Gasteiger partial charge in [-0.2, -0.15) is 0 Å². The highest BCUT2D eigenvalue weighted by molar-refractivity contribution is 6.58. The molecule has 0 bridgehead atoms. The molecule has 4 heteroatoms. The Morgan fingerprint density at radius 2 is 1.53 bits per heavy atom. The quantitative estimate of drug-likeness (QED) is 0.660. The predicted octanol–water partition coefficient (Wildman–Crippen LogP) is 3.77. The summed E-state index contributed by atoms with van der Waals surface area (Å²) in [5, 5.41) is 1.55. The molecule has 0 saturated carbocycles. The molecule has 0 N–H and O–H groups in total. The van der Waals surface area contributed by atoms with E-state index in [1.165, 1.54) is 6.07 Å². The van der Waals surface area contributed by atoms with Crippen LogP contribution in [-0.4, -0.2) is 6.98 Å². The van der Waals surface area contributed by atoms with E-state index in [0.717, 1.165) is 5.39 Å². The number of halogens is 3. The molecular formula is C11H9BF3-. The Bertz CT molecular complexity index is 471. The lowest BCUT2D eigenvalue weighted by Gasteiger charge is -2.15. The van der Waals surface area contributed by atoms with E-state index in [9.17, 15) is 12.9 Å². The second kappa shape index (κ2) is 3.61. The summed E-state index contributed by atoms with van der Waals surface area (Å²) < 4.78 is 37.0. The Hall–Kier alpha value is -1.45. The lowest BCUT2D eigenvalue weighted by molar-refractivity contribution is 0.469. The minimum atomic E-state index is -4.76. The molecule has 2 aromatic rings. The molecule has 78 valence electrons. The minimum absolute atomic E-state index is 0.362. The van der Waals surface area contributed by atoms with Crippen molar-refractivity contribution in [2.45, 2.75) is 6.32 Å². The molecule has 0 aliphatic heterocycles. The van der Waals surface area contributed by atoms with E-state index >= 15 is 0 Å². The maximum absolute atomic E-state index is 12.3. The highest BCUT2D eigenvalue weighted by Crippen LogP contribution is 2.23. The fraction of sp³-hybridized carbons (Fsp3) is 0.0909. The first-order valence-corrected chi connectivity index (χ1v) is 4.74. The molecule has 0 heterocycles. The first-order valence-electron chi connectivity index (χ1n) is 4.74. The highest BCUT2D eigenvalue weighted by Gasteiger charge is 2.23. The summed E-state index contributed by atoms with van der Waals surface area (Å²) in [5.41, 5.74) is 0.362. The average molecular weight is 209 g/mol. The largest absolute Gasteiger partial charge is 0.482 e. The average Bonchev–Trinajstić information content (AvgIpc) is 2.16. The monoisotopic (exact) mass is 209 g/mol. The molecule has 2 rings (SSSR count). The molecule has 0 spiro atoms. The van der Waals surface area contributed by atoms with Crippen LogP contribution in [0, 0.1) is 0 Å². The van der Waals surface area contributed by atoms with Gasteiger partial charge in [-0.3, -0.25) is 0 Å². The summed E-state index contributed by atoms with van der Waals surface area (Å²) in [4.78, 5) is 0. The van der Waals surface area contributed by atoms with E-state index in [1.807, 2.05) is 18.2 Å². The Balaban J connectivity index is 2.52. The van der Waals surface area contributed by atoms with Crippen molar-refractivity contribution in [1.82, 2.24) is 0 Å². The first kappa shape index (κ1) is 10.1. The molecule has 0 saturated heterocycles. The van der Waals surface area contributed by atoms with Gasteiger partial charge in [0.2, 0.25) is 0 Å². The van der Waals surface area contributed by atoms with Gasteiger partial charge < -0.3 is 12.9 Å². The van der Waals surface area contributed by atoms with Crippen molar-refractivity contribution in [3.63, 3.8) is 0 Å². The van der Waals surface area contributed by atoms with Gasteiger partial charge in [0.1, 0.15) is 0 Å². The SMILES string of the molecule is F[B-](F)(F)Cc1cccc2ccccc12. The zero-order valence-corrected chi connectivity index (χ0v) is 7.96. The minimum Gasteiger partial charge on any atom is -0.449 e. The van der Waals surface area contributed by atoms with Crippen molar-refractivity contribution in [3.8, 4) is 0 Å². The van der Waals surface area contributed by atoms with Crippen molar-refractivity contribution < 1.29 is 12.9 Å². The van der Waals surface area contributed by atoms with Gasteiger partial charge in [-0.15, -0.1) is 0 Å². The second-order valence-corrected chi connectivity index (χ2v) is 3.55. The Labute approximate surface area is 85.8 Å². The van der Waals surface area contributed by atoms with Crippen LogP contribution in [-0.2, 0) is 6.32 Å². The van der Waals surface area contributed by atoms with Gasteiger partial charge in [-0.05, 0) is 10.8 Å². The van der Waals surface area contributed by atoms with Gasteiger partial charge in [0, 0.05) is 0 Å². The standard InChI is InChI=1S/C11H9BF3/c13-12(14,15)8-10-6-3-5-9-4-1-2-7-11(9)10/h1-7H,8H2/q-1. The van der Waals surface area contributed by atoms with E-state index in [0.29, 0.717) is 10.9 Å². The normalized spacial score (nSPS) is 11.9. The van der Waals surface area contributed by atoms with Crippen molar-refractivity contribution in [2.75, 3.05) is 0 Å². The summed E-state index contributed by atoms with van der Waals surface area (Å²) in [5.74, 6) is 0. The van der Waals surface area contributed by atoms with E-state index in [2.05, 4.69) is 0 Å². The molecule has 0 aromatic heterocycles. The fourth-order valence-corrected chi connectivity index (χ4v) is 1.72. The van der Waals surface area contributed by atoms with Crippen LogP contribution in [0.3, 0.4) is 0 Å². The van der Waals surface area contributed by atoms with Crippen molar-refractivity contribution >= 4 is 17.7 Å². The number of fused-ring (bicyclic) bond motifs is 1. The topological polar surface area (TPSA) is 0 Å². The molecule has 0 unspecified atom stereocenters. The number of benzene rings is 2. The predicted molar refractivity (Wildman–Crippen MR) is 56.7 cm³/mol. The molecule has 0 aliphatic carbocycles. The van der Waals surface area contributed by atoms with Gasteiger partial charge in [0.15, 0.2) is 0 Å². The van der Waals surface area contributed by atoms with Crippen molar-refractivity contribution in [2.24, 2.45) is 0 Å². The van der Waals surface area contributed by atoms with E-state index in [1.54, 1.807) is 18.2 Å². The fourth-order valence-electron chi connectivity index (χ4n) is 1.72. The molecule has 0 aliphatic rings. The Morgan fingerprint density at radius 3 is 2.27 bits per heavy atom. The summed E-state index contributed by atoms with van der Waals surface area (Å²) in [6.45, 7) is -4.76. The van der Waals surface area contributed by atoms with Crippen LogP contribution in [0.15, 0.2) is 42.5 Å². The number of rotatable bonds is 2. The summed E-state index contributed by atoms with van der Waals surface area (Å²) in [7, 11) is 0. The third-order valence-corrected chi connectivity index (χ3v) is 2.33. The van der Waals surface area contributed by atoms with Gasteiger partial charge in [0.05, 0.1) is 0 Å². The highest BCUT2D eigenvalue weighted by atomic mass is 19.4. The van der Waals surface area contributed by atoms with E-state index in [4.69, 9.17) is 0 Å². The molecule has 2 aromatic carbocycles. The van der Waals surface area contributed by atoms with Crippen LogP contribution >= 0.6 is 0 Å². The van der Waals surface area contributed by atoms with E-state index in [-0.39, 0.29) is 0 Å². The zero-order chi connectivity index (χ0) is 10.9. The molecule has 0 nitrogen and oxygen atoms in total. The van der Waals surface area contributed by atoms with Crippen LogP contribution < -0.4 is 0 Å². The van der Waals surface area contributed by atoms with Crippen molar-refractivity contribution in [1.29, 1.82) is 0 Å². The zero-order valence-electron chi connectivity index (χ0n) is 7.96. The number of hydrogen-bond acceptors (Lipinski definition) is 0. The lowest BCUT2D eigenvalue weighted by Crippen LogP contribution is -2.19. The van der Waals surface area contributed by atoms with Crippen LogP contribution in [0.1, 0.15) is 5.56 Å². The number of hydrogen-bond donors (Lipinski definition) is 0. The smallest absolute Gasteiger partial charge is 0.449 e. The molecule has 0 atom stereocenters. The molecule has 0 fully saturated rings. The Morgan fingerprint density at radius 1 is 0.867 bits per heavy atom. The molecule has 0 amide bonds. The molecule has 15 heavy (non-hydrogen) atoms. The van der Waals surface area contributed by atoms with Crippen LogP contribution in [0.2, 0.25) is 0 Å². The molecular weight excluding hydrogens is 200 g/mol. The molecule has 0 radical (unpaired) electrons. The van der Waals surface area contributed by atoms with Crippen LogP contribution in [0.25, 0.3) is 10.8 Å².